The summed E-state index contributed by atoms with van der Waals surface area (Å²) in [6.07, 6.45) is 0. The second-order valence-corrected chi connectivity index (χ2v) is 3.36. The summed E-state index contributed by atoms with van der Waals surface area (Å²) in [5.41, 5.74) is 1.25. The second kappa shape index (κ2) is 4.59. The van der Waals surface area contributed by atoms with Crippen LogP contribution in [-0.2, 0) is 0 Å². The largest absolute Gasteiger partial charge is 0.282 e. The van der Waals surface area contributed by atoms with Crippen LogP contribution in [0.5, 0.6) is 0 Å². The number of nitrogens with one attached hydrogen (secondary N) is 1. The molecule has 2 aromatic rings. The molecule has 80 valence electrons. The van der Waals surface area contributed by atoms with Crippen molar-refractivity contribution < 1.29 is 5.21 Å². The topological polar surface area (TPSA) is 47.3 Å². The lowest BCUT2D eigenvalue weighted by Gasteiger charge is -2.17. The molecular formula is C13H12N2O. The van der Waals surface area contributed by atoms with Crippen LogP contribution in [0.15, 0.2) is 60.7 Å². The molecule has 2 rings (SSSR count). The van der Waals surface area contributed by atoms with Crippen molar-refractivity contribution in [2.75, 3.05) is 5.06 Å². The van der Waals surface area contributed by atoms with Crippen LogP contribution in [0.2, 0.25) is 0 Å². The van der Waals surface area contributed by atoms with Crippen LogP contribution in [0.3, 0.4) is 0 Å². The van der Waals surface area contributed by atoms with Crippen LogP contribution in [0, 0.1) is 5.41 Å². The zero-order chi connectivity index (χ0) is 11.4. The number of rotatable bonds is 2. The molecule has 0 unspecified atom stereocenters. The maximum Gasteiger partial charge on any atom is 0.157 e. The van der Waals surface area contributed by atoms with Gasteiger partial charge in [0.15, 0.2) is 5.84 Å². The highest BCUT2D eigenvalue weighted by Gasteiger charge is 2.10. The molecule has 0 spiro atoms. The molecule has 0 saturated carbocycles. The van der Waals surface area contributed by atoms with Crippen molar-refractivity contribution in [1.29, 1.82) is 5.41 Å². The number of anilines is 1. The van der Waals surface area contributed by atoms with Gasteiger partial charge in [-0.2, -0.15) is 0 Å². The van der Waals surface area contributed by atoms with Gasteiger partial charge in [-0.1, -0.05) is 48.5 Å². The fourth-order valence-electron chi connectivity index (χ4n) is 1.42. The molecule has 3 nitrogen and oxygen atoms in total. The molecule has 0 saturated heterocycles. The third-order valence-electron chi connectivity index (χ3n) is 2.26. The number of hydrogen-bond donors (Lipinski definition) is 2. The average Bonchev–Trinajstić information content (AvgIpc) is 2.39. The first-order valence-corrected chi connectivity index (χ1v) is 4.97. The number of amidine groups is 1. The monoisotopic (exact) mass is 212 g/mol. The van der Waals surface area contributed by atoms with Crippen LogP contribution in [0.4, 0.5) is 5.69 Å². The molecule has 3 heteroatoms. The van der Waals surface area contributed by atoms with Gasteiger partial charge >= 0.3 is 0 Å². The Morgan fingerprint density at radius 2 is 1.38 bits per heavy atom. The summed E-state index contributed by atoms with van der Waals surface area (Å²) in [4.78, 5) is 0. The van der Waals surface area contributed by atoms with Gasteiger partial charge in [-0.05, 0) is 12.1 Å². The molecule has 0 atom stereocenters. The number of nitrogens with zero attached hydrogens (tertiary/aromatic N) is 1. The van der Waals surface area contributed by atoms with Crippen molar-refractivity contribution in [2.45, 2.75) is 0 Å². The van der Waals surface area contributed by atoms with Crippen molar-refractivity contribution in [3.63, 3.8) is 0 Å². The number of benzene rings is 2. The minimum atomic E-state index is 0.0619. The van der Waals surface area contributed by atoms with E-state index < -0.39 is 0 Å². The lowest BCUT2D eigenvalue weighted by Crippen LogP contribution is -2.26. The second-order valence-electron chi connectivity index (χ2n) is 3.36. The normalized spacial score (nSPS) is 9.81. The highest BCUT2D eigenvalue weighted by Crippen LogP contribution is 2.14. The Kier molecular flexibility index (Phi) is 2.98. The third kappa shape index (κ3) is 2.10. The summed E-state index contributed by atoms with van der Waals surface area (Å²) in [6.45, 7) is 0. The predicted octanol–water partition coefficient (Wildman–Crippen LogP) is 2.91. The van der Waals surface area contributed by atoms with Crippen LogP contribution < -0.4 is 5.06 Å². The van der Waals surface area contributed by atoms with Gasteiger partial charge in [-0.3, -0.25) is 10.6 Å². The average molecular weight is 212 g/mol. The van der Waals surface area contributed by atoms with Crippen LogP contribution >= 0.6 is 0 Å². The fraction of sp³-hybridized carbons (Fsp3) is 0. The molecular weight excluding hydrogens is 200 g/mol. The van der Waals surface area contributed by atoms with E-state index in [1.54, 1.807) is 24.3 Å². The first kappa shape index (κ1) is 10.4. The number of hydrogen-bond acceptors (Lipinski definition) is 2. The van der Waals surface area contributed by atoms with Crippen molar-refractivity contribution in [2.24, 2.45) is 0 Å². The fourth-order valence-corrected chi connectivity index (χ4v) is 1.42. The first-order chi connectivity index (χ1) is 7.79. The van der Waals surface area contributed by atoms with E-state index in [0.717, 1.165) is 5.06 Å². The van der Waals surface area contributed by atoms with Gasteiger partial charge in [0, 0.05) is 5.56 Å². The molecule has 0 bridgehead atoms. The van der Waals surface area contributed by atoms with E-state index in [2.05, 4.69) is 0 Å². The summed E-state index contributed by atoms with van der Waals surface area (Å²) in [5.74, 6) is 0.0619. The first-order valence-electron chi connectivity index (χ1n) is 4.97. The molecule has 0 aliphatic carbocycles. The summed E-state index contributed by atoms with van der Waals surface area (Å²) < 4.78 is 0. The highest BCUT2D eigenvalue weighted by molar-refractivity contribution is 6.06. The molecule has 0 fully saturated rings. The summed E-state index contributed by atoms with van der Waals surface area (Å²) in [5, 5.41) is 18.6. The minimum Gasteiger partial charge on any atom is -0.282 e. The van der Waals surface area contributed by atoms with Gasteiger partial charge in [0.05, 0.1) is 5.69 Å². The van der Waals surface area contributed by atoms with Crippen molar-refractivity contribution in [1.82, 2.24) is 0 Å². The standard InChI is InChI=1S/C13H12N2O/c14-13(11-7-3-1-4-8-11)15(16)12-9-5-2-6-10-12/h1-10,14,16H. The SMILES string of the molecule is N=C(c1ccccc1)N(O)c1ccccc1. The molecule has 0 heterocycles. The number of hydroxylamine groups is 1. The van der Waals surface area contributed by atoms with Crippen molar-refractivity contribution in [3.8, 4) is 0 Å². The molecule has 0 aliphatic rings. The van der Waals surface area contributed by atoms with E-state index in [9.17, 15) is 5.21 Å². The molecule has 2 N–H and O–H groups in total. The van der Waals surface area contributed by atoms with Gasteiger partial charge in [0.1, 0.15) is 0 Å². The van der Waals surface area contributed by atoms with E-state index in [4.69, 9.17) is 5.41 Å². The zero-order valence-corrected chi connectivity index (χ0v) is 8.67. The van der Waals surface area contributed by atoms with Crippen LogP contribution in [0.1, 0.15) is 5.56 Å². The lowest BCUT2D eigenvalue weighted by molar-refractivity contribution is 0.312. The summed E-state index contributed by atoms with van der Waals surface area (Å²) in [6, 6.07) is 18.1. The third-order valence-corrected chi connectivity index (χ3v) is 2.26. The zero-order valence-electron chi connectivity index (χ0n) is 8.67. The number of para-hydroxylation sites is 1. The maximum absolute atomic E-state index is 9.85. The van der Waals surface area contributed by atoms with E-state index in [-0.39, 0.29) is 5.84 Å². The van der Waals surface area contributed by atoms with E-state index >= 15 is 0 Å². The predicted molar refractivity (Wildman–Crippen MR) is 64.0 cm³/mol. The Balaban J connectivity index is 2.24. The Labute approximate surface area is 94.0 Å². The molecule has 0 amide bonds. The van der Waals surface area contributed by atoms with E-state index in [1.165, 1.54) is 0 Å². The quantitative estimate of drug-likeness (QED) is 0.457. The van der Waals surface area contributed by atoms with Crippen LogP contribution in [-0.4, -0.2) is 11.0 Å². The Bertz CT molecular complexity index is 468. The Hall–Kier alpha value is -2.13. The van der Waals surface area contributed by atoms with Gasteiger partial charge < -0.3 is 0 Å². The smallest absolute Gasteiger partial charge is 0.157 e. The van der Waals surface area contributed by atoms with Gasteiger partial charge in [-0.25, -0.2) is 5.06 Å². The van der Waals surface area contributed by atoms with E-state index in [0.29, 0.717) is 11.3 Å². The van der Waals surface area contributed by atoms with Gasteiger partial charge in [0.25, 0.3) is 0 Å². The highest BCUT2D eigenvalue weighted by atomic mass is 16.5. The molecule has 0 aromatic heterocycles. The van der Waals surface area contributed by atoms with Gasteiger partial charge in [0.2, 0.25) is 0 Å². The Morgan fingerprint density at radius 1 is 0.875 bits per heavy atom. The Morgan fingerprint density at radius 3 is 1.94 bits per heavy atom. The lowest BCUT2D eigenvalue weighted by atomic mass is 10.2. The van der Waals surface area contributed by atoms with E-state index in [1.807, 2.05) is 36.4 Å². The summed E-state index contributed by atoms with van der Waals surface area (Å²) >= 11 is 0. The van der Waals surface area contributed by atoms with Crippen LogP contribution in [0.25, 0.3) is 0 Å². The van der Waals surface area contributed by atoms with Crippen molar-refractivity contribution in [3.05, 3.63) is 66.2 Å². The molecule has 2 aromatic carbocycles. The molecule has 16 heavy (non-hydrogen) atoms. The summed E-state index contributed by atoms with van der Waals surface area (Å²) in [7, 11) is 0. The maximum atomic E-state index is 9.85. The minimum absolute atomic E-state index is 0.0619. The van der Waals surface area contributed by atoms with Gasteiger partial charge in [-0.15, -0.1) is 0 Å². The molecule has 0 aliphatic heterocycles. The molecule has 0 radical (unpaired) electrons. The van der Waals surface area contributed by atoms with Crippen molar-refractivity contribution >= 4 is 11.5 Å².